The van der Waals surface area contributed by atoms with Gasteiger partial charge >= 0.3 is 5.97 Å². The minimum Gasteiger partial charge on any atom is -0.452 e. The predicted molar refractivity (Wildman–Crippen MR) is 91.4 cm³/mol. The molecule has 128 valence electrons. The van der Waals surface area contributed by atoms with Crippen LogP contribution in [0.25, 0.3) is 0 Å². The van der Waals surface area contributed by atoms with Gasteiger partial charge in [-0.05, 0) is 50.5 Å². The molecule has 2 N–H and O–H groups in total. The molecule has 2 amide bonds. The number of ether oxygens (including phenoxy) is 1. The van der Waals surface area contributed by atoms with Crippen LogP contribution in [0.4, 0.5) is 11.4 Å². The van der Waals surface area contributed by atoms with Gasteiger partial charge < -0.3 is 15.4 Å². The van der Waals surface area contributed by atoms with Crippen LogP contribution in [0.1, 0.15) is 33.1 Å². The highest BCUT2D eigenvalue weighted by Crippen LogP contribution is 2.20. The lowest BCUT2D eigenvalue weighted by Crippen LogP contribution is -2.32. The lowest BCUT2D eigenvalue weighted by molar-refractivity contribution is -0.157. The van der Waals surface area contributed by atoms with Crippen molar-refractivity contribution < 1.29 is 19.1 Å². The van der Waals surface area contributed by atoms with Gasteiger partial charge in [-0.15, -0.1) is 0 Å². The standard InChI is InChI=1S/C18H22N2O4/c1-12(24-18(23)14-6-4-3-5-7-14)17(22)20-16-10-8-15(9-11-16)19-13(2)21/h3-4,8-12,14H,5-7H2,1-2H3,(H,19,21)(H,20,22)/t12-,14+/m0/s1. The number of esters is 1. The number of amides is 2. The summed E-state index contributed by atoms with van der Waals surface area (Å²) in [5, 5.41) is 5.33. The molecule has 6 heteroatoms. The SMILES string of the molecule is CC(=O)Nc1ccc(NC(=O)[C@H](C)OC(=O)[C@@H]2CC=CCC2)cc1. The molecule has 0 spiro atoms. The molecule has 24 heavy (non-hydrogen) atoms. The van der Waals surface area contributed by atoms with E-state index in [2.05, 4.69) is 10.6 Å². The molecule has 0 radical (unpaired) electrons. The van der Waals surface area contributed by atoms with Crippen LogP contribution in [0.2, 0.25) is 0 Å². The van der Waals surface area contributed by atoms with Gasteiger partial charge in [0.25, 0.3) is 5.91 Å². The Morgan fingerprint density at radius 2 is 1.71 bits per heavy atom. The molecule has 1 aromatic carbocycles. The van der Waals surface area contributed by atoms with Gasteiger partial charge in [-0.3, -0.25) is 14.4 Å². The van der Waals surface area contributed by atoms with Crippen molar-refractivity contribution in [3.05, 3.63) is 36.4 Å². The number of allylic oxidation sites excluding steroid dienone is 2. The third kappa shape index (κ3) is 5.22. The Morgan fingerprint density at radius 1 is 1.08 bits per heavy atom. The van der Waals surface area contributed by atoms with E-state index in [1.807, 2.05) is 12.2 Å². The molecule has 0 saturated carbocycles. The van der Waals surface area contributed by atoms with E-state index in [9.17, 15) is 14.4 Å². The number of anilines is 2. The molecule has 1 aliphatic carbocycles. The zero-order valence-corrected chi connectivity index (χ0v) is 13.9. The monoisotopic (exact) mass is 330 g/mol. The molecule has 0 bridgehead atoms. The van der Waals surface area contributed by atoms with Gasteiger partial charge in [0, 0.05) is 18.3 Å². The smallest absolute Gasteiger partial charge is 0.310 e. The van der Waals surface area contributed by atoms with Crippen LogP contribution < -0.4 is 10.6 Å². The topological polar surface area (TPSA) is 84.5 Å². The van der Waals surface area contributed by atoms with Crippen molar-refractivity contribution in [2.75, 3.05) is 10.6 Å². The van der Waals surface area contributed by atoms with E-state index in [-0.39, 0.29) is 23.7 Å². The Labute approximate surface area is 141 Å². The highest BCUT2D eigenvalue weighted by Gasteiger charge is 2.25. The maximum Gasteiger partial charge on any atom is 0.310 e. The molecule has 2 rings (SSSR count). The summed E-state index contributed by atoms with van der Waals surface area (Å²) in [5.74, 6) is -1.04. The first-order valence-electron chi connectivity index (χ1n) is 7.99. The molecular weight excluding hydrogens is 308 g/mol. The van der Waals surface area contributed by atoms with Crippen LogP contribution in [0.3, 0.4) is 0 Å². The molecule has 6 nitrogen and oxygen atoms in total. The minimum absolute atomic E-state index is 0.162. The maximum absolute atomic E-state index is 12.1. The number of carbonyl (C=O) groups is 3. The fraction of sp³-hybridized carbons (Fsp3) is 0.389. The second-order valence-electron chi connectivity index (χ2n) is 5.81. The molecule has 0 aliphatic heterocycles. The van der Waals surface area contributed by atoms with Gasteiger partial charge in [-0.25, -0.2) is 0 Å². The molecule has 1 aliphatic rings. The van der Waals surface area contributed by atoms with Crippen molar-refractivity contribution in [3.63, 3.8) is 0 Å². The van der Waals surface area contributed by atoms with Crippen molar-refractivity contribution in [2.45, 2.75) is 39.2 Å². The maximum atomic E-state index is 12.1. The first-order chi connectivity index (χ1) is 11.5. The summed E-state index contributed by atoms with van der Waals surface area (Å²) in [6.07, 6.45) is 5.44. The van der Waals surface area contributed by atoms with Crippen LogP contribution in [-0.2, 0) is 19.1 Å². The van der Waals surface area contributed by atoms with Gasteiger partial charge in [-0.2, -0.15) is 0 Å². The fourth-order valence-electron chi connectivity index (χ4n) is 2.42. The Hall–Kier alpha value is -2.63. The Bertz CT molecular complexity index is 637. The van der Waals surface area contributed by atoms with E-state index in [1.165, 1.54) is 6.92 Å². The van der Waals surface area contributed by atoms with Crippen molar-refractivity contribution >= 4 is 29.2 Å². The zero-order chi connectivity index (χ0) is 17.5. The van der Waals surface area contributed by atoms with Crippen molar-refractivity contribution in [1.82, 2.24) is 0 Å². The predicted octanol–water partition coefficient (Wildman–Crippen LogP) is 2.87. The number of rotatable bonds is 5. The summed E-state index contributed by atoms with van der Waals surface area (Å²) >= 11 is 0. The van der Waals surface area contributed by atoms with E-state index in [0.717, 1.165) is 12.8 Å². The van der Waals surface area contributed by atoms with E-state index >= 15 is 0 Å². The molecule has 2 atom stereocenters. The summed E-state index contributed by atoms with van der Waals surface area (Å²) in [7, 11) is 0. The van der Waals surface area contributed by atoms with E-state index in [4.69, 9.17) is 4.74 Å². The number of nitrogens with one attached hydrogen (secondary N) is 2. The van der Waals surface area contributed by atoms with E-state index in [1.54, 1.807) is 31.2 Å². The fourth-order valence-corrected chi connectivity index (χ4v) is 2.42. The normalized spacial score (nSPS) is 17.7. The van der Waals surface area contributed by atoms with E-state index in [0.29, 0.717) is 17.8 Å². The lowest BCUT2D eigenvalue weighted by atomic mass is 9.95. The van der Waals surface area contributed by atoms with Crippen molar-refractivity contribution in [1.29, 1.82) is 0 Å². The first-order valence-corrected chi connectivity index (χ1v) is 7.99. The third-order valence-electron chi connectivity index (χ3n) is 3.74. The van der Waals surface area contributed by atoms with Gasteiger partial charge in [0.15, 0.2) is 6.10 Å². The third-order valence-corrected chi connectivity index (χ3v) is 3.74. The molecular formula is C18H22N2O4. The Kier molecular flexibility index (Phi) is 6.12. The molecule has 1 aromatic rings. The van der Waals surface area contributed by atoms with Crippen molar-refractivity contribution in [3.8, 4) is 0 Å². The molecule has 0 saturated heterocycles. The summed E-state index contributed by atoms with van der Waals surface area (Å²) in [6.45, 7) is 2.98. The highest BCUT2D eigenvalue weighted by molar-refractivity contribution is 5.95. The number of hydrogen-bond acceptors (Lipinski definition) is 4. The summed E-state index contributed by atoms with van der Waals surface area (Å²) in [6, 6.07) is 6.71. The average Bonchev–Trinajstić information content (AvgIpc) is 2.56. The quantitative estimate of drug-likeness (QED) is 0.642. The second kappa shape index (κ2) is 8.29. The van der Waals surface area contributed by atoms with Crippen molar-refractivity contribution in [2.24, 2.45) is 5.92 Å². The molecule has 0 aromatic heterocycles. The number of carbonyl (C=O) groups excluding carboxylic acids is 3. The minimum atomic E-state index is -0.863. The van der Waals surface area contributed by atoms with Crippen LogP contribution in [0.15, 0.2) is 36.4 Å². The highest BCUT2D eigenvalue weighted by atomic mass is 16.5. The van der Waals surface area contributed by atoms with E-state index < -0.39 is 6.10 Å². The van der Waals surface area contributed by atoms with Gasteiger partial charge in [-0.1, -0.05) is 12.2 Å². The van der Waals surface area contributed by atoms with Gasteiger partial charge in [0.2, 0.25) is 5.91 Å². The van der Waals surface area contributed by atoms with Crippen LogP contribution in [-0.4, -0.2) is 23.9 Å². The number of benzene rings is 1. The molecule has 0 heterocycles. The molecule has 0 unspecified atom stereocenters. The first kappa shape index (κ1) is 17.7. The summed E-state index contributed by atoms with van der Waals surface area (Å²) in [5.41, 5.74) is 1.21. The van der Waals surface area contributed by atoms with Gasteiger partial charge in [0.05, 0.1) is 5.92 Å². The van der Waals surface area contributed by atoms with Crippen LogP contribution >= 0.6 is 0 Å². The van der Waals surface area contributed by atoms with Crippen LogP contribution in [0.5, 0.6) is 0 Å². The number of hydrogen-bond donors (Lipinski definition) is 2. The lowest BCUT2D eigenvalue weighted by Gasteiger charge is -2.19. The molecule has 0 fully saturated rings. The summed E-state index contributed by atoms with van der Waals surface area (Å²) in [4.78, 5) is 35.1. The van der Waals surface area contributed by atoms with Gasteiger partial charge in [0.1, 0.15) is 0 Å². The largest absolute Gasteiger partial charge is 0.452 e. The summed E-state index contributed by atoms with van der Waals surface area (Å²) < 4.78 is 5.26. The Morgan fingerprint density at radius 3 is 2.25 bits per heavy atom. The average molecular weight is 330 g/mol. The Balaban J connectivity index is 1.85. The van der Waals surface area contributed by atoms with Crippen LogP contribution in [0, 0.1) is 5.92 Å². The zero-order valence-electron chi connectivity index (χ0n) is 13.9. The second-order valence-corrected chi connectivity index (χ2v) is 5.81.